The maximum Gasteiger partial charge on any atom is 0.339 e. The largest absolute Gasteiger partial charge is 0.462 e. The van der Waals surface area contributed by atoms with E-state index >= 15 is 0 Å². The van der Waals surface area contributed by atoms with Crippen LogP contribution in [0.5, 0.6) is 0 Å². The molecule has 0 fully saturated rings. The van der Waals surface area contributed by atoms with Crippen molar-refractivity contribution in [3.8, 4) is 0 Å². The Morgan fingerprint density at radius 2 is 2.16 bits per heavy atom. The van der Waals surface area contributed by atoms with Gasteiger partial charge in [-0.2, -0.15) is 0 Å². The van der Waals surface area contributed by atoms with Gasteiger partial charge >= 0.3 is 5.97 Å². The van der Waals surface area contributed by atoms with Crippen molar-refractivity contribution in [1.29, 1.82) is 0 Å². The summed E-state index contributed by atoms with van der Waals surface area (Å²) in [7, 11) is 0. The van der Waals surface area contributed by atoms with E-state index in [0.717, 1.165) is 23.7 Å². The van der Waals surface area contributed by atoms with Crippen LogP contribution in [0.3, 0.4) is 0 Å². The Morgan fingerprint density at radius 1 is 1.37 bits per heavy atom. The number of carbonyl (C=O) groups is 1. The fraction of sp³-hybridized carbons (Fsp3) is 0.400. The first-order chi connectivity index (χ1) is 9.20. The van der Waals surface area contributed by atoms with Gasteiger partial charge in [-0.05, 0) is 50.3 Å². The van der Waals surface area contributed by atoms with Crippen LogP contribution in [-0.4, -0.2) is 17.6 Å². The summed E-state index contributed by atoms with van der Waals surface area (Å²) < 4.78 is 5.02. The smallest absolute Gasteiger partial charge is 0.339 e. The number of H-pyrrole nitrogens is 1. The van der Waals surface area contributed by atoms with Gasteiger partial charge in [0.2, 0.25) is 0 Å². The quantitative estimate of drug-likeness (QED) is 0.847. The molecule has 0 bridgehead atoms. The van der Waals surface area contributed by atoms with Crippen molar-refractivity contribution in [2.45, 2.75) is 32.6 Å². The van der Waals surface area contributed by atoms with Crippen molar-refractivity contribution in [1.82, 2.24) is 4.98 Å². The first-order valence-corrected chi connectivity index (χ1v) is 7.08. The summed E-state index contributed by atoms with van der Waals surface area (Å²) in [6.45, 7) is 2.14. The van der Waals surface area contributed by atoms with E-state index in [1.54, 1.807) is 6.92 Å². The number of aryl methyl sites for hydroxylation is 2. The maximum atomic E-state index is 11.8. The zero-order valence-corrected chi connectivity index (χ0v) is 11.6. The number of hydrogen-bond acceptors (Lipinski definition) is 2. The van der Waals surface area contributed by atoms with Crippen LogP contribution in [-0.2, 0) is 17.6 Å². The minimum Gasteiger partial charge on any atom is -0.462 e. The highest BCUT2D eigenvalue weighted by Crippen LogP contribution is 2.32. The van der Waals surface area contributed by atoms with E-state index in [-0.39, 0.29) is 5.97 Å². The van der Waals surface area contributed by atoms with E-state index in [2.05, 4.69) is 4.98 Å². The summed E-state index contributed by atoms with van der Waals surface area (Å²) in [6.07, 6.45) is 4.61. The van der Waals surface area contributed by atoms with E-state index < -0.39 is 0 Å². The lowest BCUT2D eigenvalue weighted by Gasteiger charge is -2.10. The highest BCUT2D eigenvalue weighted by molar-refractivity contribution is 6.34. The van der Waals surface area contributed by atoms with Gasteiger partial charge < -0.3 is 9.72 Å². The monoisotopic (exact) mass is 277 g/mol. The van der Waals surface area contributed by atoms with Crippen molar-refractivity contribution in [3.05, 3.63) is 34.0 Å². The first kappa shape index (κ1) is 12.5. The molecule has 1 aromatic heterocycles. The van der Waals surface area contributed by atoms with Gasteiger partial charge in [0.15, 0.2) is 0 Å². The molecule has 0 saturated carbocycles. The van der Waals surface area contributed by atoms with E-state index in [9.17, 15) is 4.79 Å². The van der Waals surface area contributed by atoms with Gasteiger partial charge in [0, 0.05) is 16.6 Å². The van der Waals surface area contributed by atoms with Gasteiger partial charge in [-0.3, -0.25) is 0 Å². The third-order valence-corrected chi connectivity index (χ3v) is 3.99. The molecule has 0 saturated heterocycles. The van der Waals surface area contributed by atoms with E-state index in [0.29, 0.717) is 17.2 Å². The number of carbonyl (C=O) groups excluding carboxylic acids is 1. The fourth-order valence-electron chi connectivity index (χ4n) is 2.79. The summed E-state index contributed by atoms with van der Waals surface area (Å²) in [4.78, 5) is 15.2. The number of aromatic amines is 1. The molecule has 3 rings (SSSR count). The summed E-state index contributed by atoms with van der Waals surface area (Å²) in [5.41, 5.74) is 4.07. The van der Waals surface area contributed by atoms with E-state index in [1.165, 1.54) is 24.1 Å². The predicted molar refractivity (Wildman–Crippen MR) is 75.9 cm³/mol. The van der Waals surface area contributed by atoms with Crippen LogP contribution in [0.25, 0.3) is 10.9 Å². The lowest BCUT2D eigenvalue weighted by molar-refractivity contribution is 0.0526. The molecule has 0 spiro atoms. The van der Waals surface area contributed by atoms with Gasteiger partial charge in [0.1, 0.15) is 0 Å². The number of aromatic nitrogens is 1. The number of esters is 1. The third kappa shape index (κ3) is 2.12. The van der Waals surface area contributed by atoms with Gasteiger partial charge in [-0.15, -0.1) is 0 Å². The van der Waals surface area contributed by atoms with Gasteiger partial charge in [0.25, 0.3) is 0 Å². The molecule has 1 N–H and O–H groups in total. The molecule has 2 aromatic rings. The minimum atomic E-state index is -0.359. The number of hydrogen-bond donors (Lipinski definition) is 1. The topological polar surface area (TPSA) is 42.1 Å². The molecule has 0 atom stereocenters. The highest BCUT2D eigenvalue weighted by Gasteiger charge is 2.19. The lowest BCUT2D eigenvalue weighted by Crippen LogP contribution is -2.05. The number of nitrogens with one attached hydrogen (secondary N) is 1. The fourth-order valence-corrected chi connectivity index (χ4v) is 3.04. The summed E-state index contributed by atoms with van der Waals surface area (Å²) in [6, 6.07) is 3.71. The van der Waals surface area contributed by atoms with Gasteiger partial charge in [-0.1, -0.05) is 11.6 Å². The van der Waals surface area contributed by atoms with Gasteiger partial charge in [0.05, 0.1) is 17.2 Å². The van der Waals surface area contributed by atoms with Crippen molar-refractivity contribution >= 4 is 28.5 Å². The number of ether oxygens (including phenoxy) is 1. The average molecular weight is 278 g/mol. The zero-order valence-electron chi connectivity index (χ0n) is 10.9. The molecular weight excluding hydrogens is 262 g/mol. The average Bonchev–Trinajstić information content (AvgIpc) is 2.76. The second kappa shape index (κ2) is 4.89. The third-order valence-electron chi connectivity index (χ3n) is 3.68. The van der Waals surface area contributed by atoms with Crippen molar-refractivity contribution in [2.75, 3.05) is 6.61 Å². The SMILES string of the molecule is CCOC(=O)c1cc2[nH]c3c(c2cc1Cl)CCCC3. The molecule has 1 aromatic carbocycles. The van der Waals surface area contributed by atoms with Crippen molar-refractivity contribution < 1.29 is 9.53 Å². The Balaban J connectivity index is 2.13. The van der Waals surface area contributed by atoms with Crippen LogP contribution >= 0.6 is 11.6 Å². The van der Waals surface area contributed by atoms with E-state index in [1.807, 2.05) is 12.1 Å². The van der Waals surface area contributed by atoms with Crippen LogP contribution in [0.15, 0.2) is 12.1 Å². The summed E-state index contributed by atoms with van der Waals surface area (Å²) in [5.74, 6) is -0.359. The molecule has 0 unspecified atom stereocenters. The predicted octanol–water partition coefficient (Wildman–Crippen LogP) is 3.88. The normalized spacial score (nSPS) is 14.4. The van der Waals surface area contributed by atoms with Crippen LogP contribution in [0.2, 0.25) is 5.02 Å². The first-order valence-electron chi connectivity index (χ1n) is 6.70. The number of halogens is 1. The van der Waals surface area contributed by atoms with Crippen LogP contribution in [0.4, 0.5) is 0 Å². The van der Waals surface area contributed by atoms with Crippen LogP contribution in [0, 0.1) is 0 Å². The summed E-state index contributed by atoms with van der Waals surface area (Å²) >= 11 is 6.22. The number of fused-ring (bicyclic) bond motifs is 3. The van der Waals surface area contributed by atoms with Crippen LogP contribution < -0.4 is 0 Å². The second-order valence-corrected chi connectivity index (χ2v) is 5.29. The Kier molecular flexibility index (Phi) is 3.23. The molecule has 1 aliphatic carbocycles. The summed E-state index contributed by atoms with van der Waals surface area (Å²) in [5, 5.41) is 1.62. The molecule has 0 amide bonds. The molecule has 3 nitrogen and oxygen atoms in total. The number of benzene rings is 1. The van der Waals surface area contributed by atoms with E-state index in [4.69, 9.17) is 16.3 Å². The lowest BCUT2D eigenvalue weighted by atomic mass is 9.95. The molecule has 19 heavy (non-hydrogen) atoms. The standard InChI is InChI=1S/C15H16ClNO2/c1-2-19-15(18)11-8-14-10(7-12(11)16)9-5-3-4-6-13(9)17-14/h7-8,17H,2-6H2,1H3. The Bertz CT molecular complexity index is 645. The molecule has 0 aliphatic heterocycles. The Morgan fingerprint density at radius 3 is 2.95 bits per heavy atom. The molecule has 1 heterocycles. The van der Waals surface area contributed by atoms with Gasteiger partial charge in [-0.25, -0.2) is 4.79 Å². The minimum absolute atomic E-state index is 0.356. The molecule has 1 aliphatic rings. The zero-order chi connectivity index (χ0) is 13.4. The van der Waals surface area contributed by atoms with Crippen molar-refractivity contribution in [2.24, 2.45) is 0 Å². The van der Waals surface area contributed by atoms with Crippen LogP contribution in [0.1, 0.15) is 41.4 Å². The molecule has 4 heteroatoms. The second-order valence-electron chi connectivity index (χ2n) is 4.89. The molecular formula is C15H16ClNO2. The molecule has 0 radical (unpaired) electrons. The number of rotatable bonds is 2. The maximum absolute atomic E-state index is 11.8. The highest BCUT2D eigenvalue weighted by atomic mass is 35.5. The Hall–Kier alpha value is -1.48. The molecule has 100 valence electrons. The Labute approximate surface area is 116 Å². The van der Waals surface area contributed by atoms with Crippen molar-refractivity contribution in [3.63, 3.8) is 0 Å².